The molecule has 0 aliphatic carbocycles. The Morgan fingerprint density at radius 2 is 2.03 bits per heavy atom. The van der Waals surface area contributed by atoms with Crippen LogP contribution in [-0.4, -0.2) is 42.4 Å². The summed E-state index contributed by atoms with van der Waals surface area (Å²) in [7, 11) is 1.70. The van der Waals surface area contributed by atoms with E-state index in [1.54, 1.807) is 16.6 Å². The van der Waals surface area contributed by atoms with E-state index in [-0.39, 0.29) is 18.4 Å². The summed E-state index contributed by atoms with van der Waals surface area (Å²) in [5.41, 5.74) is 4.31. The second kappa shape index (κ2) is 8.67. The van der Waals surface area contributed by atoms with Gasteiger partial charge in [0.25, 0.3) is 11.8 Å². The van der Waals surface area contributed by atoms with Crippen molar-refractivity contribution in [2.75, 3.05) is 30.4 Å². The van der Waals surface area contributed by atoms with E-state index in [1.165, 1.54) is 11.3 Å². The number of aromatic nitrogens is 1. The van der Waals surface area contributed by atoms with Gasteiger partial charge in [0, 0.05) is 30.1 Å². The first-order valence-corrected chi connectivity index (χ1v) is 11.7. The number of rotatable bonds is 5. The summed E-state index contributed by atoms with van der Waals surface area (Å²) in [6, 6.07) is 13.3. The average Bonchev–Trinajstić information content (AvgIpc) is 3.36. The second-order valence-electron chi connectivity index (χ2n) is 7.76. The van der Waals surface area contributed by atoms with Crippen molar-refractivity contribution in [3.05, 3.63) is 58.2 Å². The summed E-state index contributed by atoms with van der Waals surface area (Å²) < 4.78 is 7.18. The van der Waals surface area contributed by atoms with E-state index in [0.717, 1.165) is 35.3 Å². The molecule has 0 saturated carbocycles. The summed E-state index contributed by atoms with van der Waals surface area (Å²) in [6.07, 6.45) is 1.92. The molecule has 168 valence electrons. The highest BCUT2D eigenvalue weighted by molar-refractivity contribution is 7.07. The third kappa shape index (κ3) is 3.74. The number of hydrogen-bond donors (Lipinski definition) is 1. The fraction of sp³-hybridized carbons (Fsp3) is 0.250. The number of carbonyl (C=O) groups is 2. The number of nitrogens with one attached hydrogen (secondary N) is 1. The smallest absolute Gasteiger partial charge is 0.279 e. The first-order valence-electron chi connectivity index (χ1n) is 10.8. The number of unbranched alkanes of at least 4 members (excludes halogenated alkanes) is 1. The lowest BCUT2D eigenvalue weighted by atomic mass is 10.1. The molecule has 2 amide bonds. The summed E-state index contributed by atoms with van der Waals surface area (Å²) in [5, 5.41) is 9.60. The Balaban J connectivity index is 1.62. The van der Waals surface area contributed by atoms with E-state index in [9.17, 15) is 9.59 Å². The van der Waals surface area contributed by atoms with E-state index in [1.807, 2.05) is 47.8 Å². The van der Waals surface area contributed by atoms with Crippen LogP contribution in [0.3, 0.4) is 0 Å². The molecule has 0 fully saturated rings. The number of ether oxygens (including phenoxy) is 1. The molecule has 2 aliphatic heterocycles. The Labute approximate surface area is 194 Å². The molecule has 1 N–H and O–H groups in total. The predicted octanol–water partition coefficient (Wildman–Crippen LogP) is 3.48. The van der Waals surface area contributed by atoms with Crippen molar-refractivity contribution in [3.63, 3.8) is 0 Å². The van der Waals surface area contributed by atoms with Gasteiger partial charge in [0.2, 0.25) is 4.80 Å². The molecule has 5 rings (SSSR count). The lowest BCUT2D eigenvalue weighted by Gasteiger charge is -2.18. The molecule has 1 aromatic heterocycles. The largest absolute Gasteiger partial charge is 0.482 e. The zero-order valence-electron chi connectivity index (χ0n) is 18.4. The number of fused-ring (bicyclic) bond motifs is 2. The number of para-hydroxylation sites is 1. The number of benzene rings is 2. The molecule has 0 unspecified atom stereocenters. The number of nitrogens with zero attached hydrogens (tertiary/aromatic N) is 4. The van der Waals surface area contributed by atoms with Gasteiger partial charge in [-0.3, -0.25) is 14.6 Å². The van der Waals surface area contributed by atoms with Gasteiger partial charge >= 0.3 is 0 Å². The molecule has 0 radical (unpaired) electrons. The van der Waals surface area contributed by atoms with Gasteiger partial charge in [0.1, 0.15) is 5.75 Å². The predicted molar refractivity (Wildman–Crippen MR) is 129 cm³/mol. The highest BCUT2D eigenvalue weighted by Gasteiger charge is 2.34. The van der Waals surface area contributed by atoms with Gasteiger partial charge in [-0.2, -0.15) is 5.10 Å². The van der Waals surface area contributed by atoms with Crippen LogP contribution < -0.4 is 19.8 Å². The third-order valence-corrected chi connectivity index (χ3v) is 6.53. The van der Waals surface area contributed by atoms with Gasteiger partial charge in [-0.25, -0.2) is 4.68 Å². The molecule has 0 atom stereocenters. The van der Waals surface area contributed by atoms with Crippen molar-refractivity contribution in [3.8, 4) is 17.0 Å². The van der Waals surface area contributed by atoms with E-state index < -0.39 is 0 Å². The first kappa shape index (κ1) is 21.1. The van der Waals surface area contributed by atoms with E-state index in [2.05, 4.69) is 17.2 Å². The number of anilines is 2. The normalized spacial score (nSPS) is 16.6. The number of carbonyl (C=O) groups excluding carboxylic acids is 2. The lowest BCUT2D eigenvalue weighted by molar-refractivity contribution is -0.118. The van der Waals surface area contributed by atoms with Gasteiger partial charge < -0.3 is 15.0 Å². The summed E-state index contributed by atoms with van der Waals surface area (Å²) in [4.78, 5) is 31.9. The van der Waals surface area contributed by atoms with E-state index in [4.69, 9.17) is 9.84 Å². The Hall–Kier alpha value is -3.72. The highest BCUT2D eigenvalue weighted by atomic mass is 32.1. The van der Waals surface area contributed by atoms with Crippen molar-refractivity contribution in [1.29, 1.82) is 0 Å². The standard InChI is InChI=1S/C24H23N5O3S/c1-3-4-11-28-18-8-6-5-7-16(18)22(23(28)31)27-29-19(14-33-24(29)25-2)15-9-10-20-17(12-15)26-21(30)13-32-20/h5-10,12,14H,3-4,11,13H2,1-2H3,(H,26,30)/b25-24?,27-22+. The van der Waals surface area contributed by atoms with Gasteiger partial charge in [0.05, 0.1) is 17.1 Å². The maximum absolute atomic E-state index is 13.4. The molecular formula is C24H23N5O3S. The van der Waals surface area contributed by atoms with Crippen molar-refractivity contribution < 1.29 is 14.3 Å². The molecule has 0 saturated heterocycles. The summed E-state index contributed by atoms with van der Waals surface area (Å²) in [5.74, 6) is 0.323. The topological polar surface area (TPSA) is 88.3 Å². The van der Waals surface area contributed by atoms with Gasteiger partial charge in [-0.15, -0.1) is 11.3 Å². The van der Waals surface area contributed by atoms with E-state index >= 15 is 0 Å². The molecule has 0 bridgehead atoms. The maximum atomic E-state index is 13.4. The minimum atomic E-state index is -0.192. The van der Waals surface area contributed by atoms with Gasteiger partial charge in [-0.05, 0) is 30.7 Å². The molecule has 33 heavy (non-hydrogen) atoms. The van der Waals surface area contributed by atoms with Crippen molar-refractivity contribution in [2.45, 2.75) is 19.8 Å². The Morgan fingerprint density at radius 1 is 1.18 bits per heavy atom. The molecule has 8 nitrogen and oxygen atoms in total. The van der Waals surface area contributed by atoms with Crippen LogP contribution in [0.4, 0.5) is 11.4 Å². The fourth-order valence-corrected chi connectivity index (χ4v) is 4.78. The van der Waals surface area contributed by atoms with Crippen LogP contribution in [0.2, 0.25) is 0 Å². The zero-order valence-corrected chi connectivity index (χ0v) is 19.2. The van der Waals surface area contributed by atoms with Crippen LogP contribution in [-0.2, 0) is 9.59 Å². The summed E-state index contributed by atoms with van der Waals surface area (Å²) >= 11 is 1.44. The second-order valence-corrected chi connectivity index (χ2v) is 8.60. The van der Waals surface area contributed by atoms with Gasteiger partial charge in [0.15, 0.2) is 12.3 Å². The number of thiazole rings is 1. The minimum absolute atomic E-state index is 0.00731. The molecule has 3 aromatic rings. The van der Waals surface area contributed by atoms with Crippen molar-refractivity contribution >= 4 is 40.2 Å². The minimum Gasteiger partial charge on any atom is -0.482 e. The number of amides is 2. The first-order chi connectivity index (χ1) is 16.1. The average molecular weight is 462 g/mol. The van der Waals surface area contributed by atoms with E-state index in [0.29, 0.717) is 28.5 Å². The monoisotopic (exact) mass is 461 g/mol. The van der Waals surface area contributed by atoms with Crippen LogP contribution >= 0.6 is 11.3 Å². The zero-order chi connectivity index (χ0) is 22.9. The van der Waals surface area contributed by atoms with Crippen LogP contribution in [0.1, 0.15) is 25.3 Å². The lowest BCUT2D eigenvalue weighted by Crippen LogP contribution is -2.31. The molecule has 2 aromatic carbocycles. The van der Waals surface area contributed by atoms with Crippen LogP contribution in [0.5, 0.6) is 5.75 Å². The van der Waals surface area contributed by atoms with Crippen molar-refractivity contribution in [2.24, 2.45) is 10.1 Å². The highest BCUT2D eigenvalue weighted by Crippen LogP contribution is 2.34. The SMILES string of the molecule is CCCCN1C(=O)/C(=N/n2c(-c3ccc4c(c3)NC(=O)CO4)csc2=NC)c2ccccc21. The molecule has 2 aliphatic rings. The van der Waals surface area contributed by atoms with Crippen LogP contribution in [0, 0.1) is 0 Å². The van der Waals surface area contributed by atoms with Crippen LogP contribution in [0.15, 0.2) is 57.9 Å². The Morgan fingerprint density at radius 3 is 2.85 bits per heavy atom. The third-order valence-electron chi connectivity index (χ3n) is 5.62. The maximum Gasteiger partial charge on any atom is 0.279 e. The number of hydrogen-bond acceptors (Lipinski definition) is 6. The quantitative estimate of drug-likeness (QED) is 0.631. The Kier molecular flexibility index (Phi) is 5.55. The summed E-state index contributed by atoms with van der Waals surface area (Å²) in [6.45, 7) is 2.77. The molecule has 0 spiro atoms. The Bertz CT molecular complexity index is 1350. The van der Waals surface area contributed by atoms with Crippen molar-refractivity contribution in [1.82, 2.24) is 4.68 Å². The molecule has 9 heteroatoms. The molecular weight excluding hydrogens is 438 g/mol. The molecule has 3 heterocycles. The fourth-order valence-electron chi connectivity index (χ4n) is 3.98. The van der Waals surface area contributed by atoms with Gasteiger partial charge in [-0.1, -0.05) is 31.5 Å². The van der Waals surface area contributed by atoms with Crippen LogP contribution in [0.25, 0.3) is 11.3 Å².